The van der Waals surface area contributed by atoms with E-state index in [1.54, 1.807) is 0 Å². The predicted molar refractivity (Wildman–Crippen MR) is 111 cm³/mol. The highest BCUT2D eigenvalue weighted by Gasteiger charge is 2.32. The van der Waals surface area contributed by atoms with E-state index in [9.17, 15) is 18.4 Å². The van der Waals surface area contributed by atoms with Gasteiger partial charge in [0.05, 0.1) is 11.4 Å². The quantitative estimate of drug-likeness (QED) is 0.714. The van der Waals surface area contributed by atoms with E-state index in [-0.39, 0.29) is 18.0 Å². The molecule has 8 heteroatoms. The van der Waals surface area contributed by atoms with Gasteiger partial charge in [-0.25, -0.2) is 13.8 Å². The highest BCUT2D eigenvalue weighted by Crippen LogP contribution is 2.27. The van der Waals surface area contributed by atoms with Gasteiger partial charge >= 0.3 is 0 Å². The van der Waals surface area contributed by atoms with Gasteiger partial charge in [0.15, 0.2) is 5.17 Å². The number of anilines is 1. The van der Waals surface area contributed by atoms with Crippen LogP contribution in [0.4, 0.5) is 20.2 Å². The van der Waals surface area contributed by atoms with Crippen molar-refractivity contribution in [2.75, 3.05) is 5.32 Å². The summed E-state index contributed by atoms with van der Waals surface area (Å²) in [5.41, 5.74) is 1.80. The Hall–Kier alpha value is -2.74. The Morgan fingerprint density at radius 1 is 1.24 bits per heavy atom. The Bertz CT molecular complexity index is 947. The lowest BCUT2D eigenvalue weighted by molar-refractivity contribution is -0.122. The molecule has 152 valence electrons. The first-order valence-corrected chi connectivity index (χ1v) is 10.1. The van der Waals surface area contributed by atoms with E-state index in [0.717, 1.165) is 30.3 Å². The molecule has 1 aliphatic heterocycles. The molecule has 2 amide bonds. The molecular weight excluding hydrogens is 396 g/mol. The minimum Gasteiger partial charge on any atom is -0.324 e. The van der Waals surface area contributed by atoms with Gasteiger partial charge in [-0.15, -0.1) is 0 Å². The third-order valence-corrected chi connectivity index (χ3v) is 5.74. The summed E-state index contributed by atoms with van der Waals surface area (Å²) in [6, 6.07) is 10.7. The molecule has 0 spiro atoms. The number of amides is 2. The maximum Gasteiger partial charge on any atom is 0.240 e. The maximum absolute atomic E-state index is 13.6. The SMILES string of the molecule is CC[C@H](C)c1ccc(N=C2NC(=O)[C@@H](CC(=O)Nc3ccc(F)cc3F)S2)cc1. The number of hydrogen-bond acceptors (Lipinski definition) is 4. The molecule has 2 aromatic rings. The van der Waals surface area contributed by atoms with E-state index in [0.29, 0.717) is 22.8 Å². The van der Waals surface area contributed by atoms with Gasteiger partial charge in [0, 0.05) is 12.5 Å². The number of rotatable bonds is 6. The molecule has 2 aromatic carbocycles. The van der Waals surface area contributed by atoms with Crippen LogP contribution < -0.4 is 10.6 Å². The van der Waals surface area contributed by atoms with E-state index in [1.807, 2.05) is 24.3 Å². The van der Waals surface area contributed by atoms with Crippen LogP contribution in [0.2, 0.25) is 0 Å². The summed E-state index contributed by atoms with van der Waals surface area (Å²) in [6.07, 6.45) is 0.893. The molecule has 0 bridgehead atoms. The average Bonchev–Trinajstić information content (AvgIpc) is 3.02. The lowest BCUT2D eigenvalue weighted by atomic mass is 9.99. The molecule has 2 N–H and O–H groups in total. The average molecular weight is 417 g/mol. The van der Waals surface area contributed by atoms with E-state index >= 15 is 0 Å². The predicted octanol–water partition coefficient (Wildman–Crippen LogP) is 4.73. The van der Waals surface area contributed by atoms with Crippen LogP contribution in [0.15, 0.2) is 47.5 Å². The molecular formula is C21H21F2N3O2S. The second-order valence-corrected chi connectivity index (χ2v) is 7.98. The highest BCUT2D eigenvalue weighted by molar-refractivity contribution is 8.15. The fraction of sp³-hybridized carbons (Fsp3) is 0.286. The van der Waals surface area contributed by atoms with Crippen LogP contribution in [-0.2, 0) is 9.59 Å². The molecule has 0 radical (unpaired) electrons. The first-order chi connectivity index (χ1) is 13.9. The van der Waals surface area contributed by atoms with Crippen LogP contribution in [0.5, 0.6) is 0 Å². The Balaban J connectivity index is 1.61. The van der Waals surface area contributed by atoms with Crippen molar-refractivity contribution in [2.24, 2.45) is 4.99 Å². The van der Waals surface area contributed by atoms with E-state index in [4.69, 9.17) is 0 Å². The molecule has 0 unspecified atom stereocenters. The van der Waals surface area contributed by atoms with Crippen molar-refractivity contribution < 1.29 is 18.4 Å². The Morgan fingerprint density at radius 2 is 1.97 bits per heavy atom. The van der Waals surface area contributed by atoms with Crippen LogP contribution in [0.3, 0.4) is 0 Å². The van der Waals surface area contributed by atoms with Gasteiger partial charge in [-0.3, -0.25) is 9.59 Å². The summed E-state index contributed by atoms with van der Waals surface area (Å²) in [6.45, 7) is 4.28. The number of nitrogens with zero attached hydrogens (tertiary/aromatic N) is 1. The number of amidine groups is 1. The van der Waals surface area contributed by atoms with Gasteiger partial charge < -0.3 is 10.6 Å². The first kappa shape index (κ1) is 21.0. The van der Waals surface area contributed by atoms with Gasteiger partial charge in [-0.2, -0.15) is 0 Å². The molecule has 0 aromatic heterocycles. The molecule has 1 fully saturated rings. The molecule has 0 aliphatic carbocycles. The number of carbonyl (C=O) groups is 2. The fourth-order valence-electron chi connectivity index (χ4n) is 2.78. The second kappa shape index (κ2) is 9.17. The zero-order chi connectivity index (χ0) is 21.0. The summed E-state index contributed by atoms with van der Waals surface area (Å²) in [5, 5.41) is 4.76. The number of halogens is 2. The van der Waals surface area contributed by atoms with E-state index in [1.165, 1.54) is 5.56 Å². The molecule has 1 heterocycles. The minimum atomic E-state index is -0.870. The molecule has 1 saturated heterocycles. The van der Waals surface area contributed by atoms with E-state index in [2.05, 4.69) is 29.5 Å². The standard InChI is InChI=1S/C21H21F2N3O2S/c1-3-12(2)13-4-7-15(8-5-13)24-21-26-20(28)18(29-21)11-19(27)25-17-9-6-14(22)10-16(17)23/h4-10,12,18H,3,11H2,1-2H3,(H,25,27)(H,24,26,28)/t12-,18+/m0/s1. The zero-order valence-corrected chi connectivity index (χ0v) is 16.9. The van der Waals surface area contributed by atoms with Gasteiger partial charge in [-0.1, -0.05) is 37.7 Å². The van der Waals surface area contributed by atoms with Crippen LogP contribution in [0.1, 0.15) is 38.2 Å². The summed E-state index contributed by atoms with van der Waals surface area (Å²) in [5.74, 6) is -2.01. The van der Waals surface area contributed by atoms with Gasteiger partial charge in [-0.05, 0) is 42.2 Å². The van der Waals surface area contributed by atoms with Crippen LogP contribution >= 0.6 is 11.8 Å². The number of carbonyl (C=O) groups excluding carboxylic acids is 2. The first-order valence-electron chi connectivity index (χ1n) is 9.26. The highest BCUT2D eigenvalue weighted by atomic mass is 32.2. The Morgan fingerprint density at radius 3 is 2.62 bits per heavy atom. The van der Waals surface area contributed by atoms with Crippen molar-refractivity contribution in [3.8, 4) is 0 Å². The van der Waals surface area contributed by atoms with Crippen LogP contribution in [0, 0.1) is 11.6 Å². The lowest BCUT2D eigenvalue weighted by Gasteiger charge is -2.08. The summed E-state index contributed by atoms with van der Waals surface area (Å²) >= 11 is 1.15. The van der Waals surface area contributed by atoms with Gasteiger partial charge in [0.2, 0.25) is 11.8 Å². The number of nitrogens with one attached hydrogen (secondary N) is 2. The summed E-state index contributed by atoms with van der Waals surface area (Å²) < 4.78 is 26.6. The van der Waals surface area contributed by atoms with Gasteiger partial charge in [0.1, 0.15) is 16.9 Å². The monoisotopic (exact) mass is 417 g/mol. The maximum atomic E-state index is 13.6. The van der Waals surface area contributed by atoms with Crippen molar-refractivity contribution in [1.82, 2.24) is 5.32 Å². The fourth-order valence-corrected chi connectivity index (χ4v) is 3.77. The molecule has 0 saturated carbocycles. The molecule has 2 atom stereocenters. The molecule has 1 aliphatic rings. The van der Waals surface area contributed by atoms with Crippen molar-refractivity contribution in [2.45, 2.75) is 37.9 Å². The largest absolute Gasteiger partial charge is 0.324 e. The van der Waals surface area contributed by atoms with Crippen molar-refractivity contribution >= 4 is 40.1 Å². The zero-order valence-electron chi connectivity index (χ0n) is 16.0. The van der Waals surface area contributed by atoms with Crippen LogP contribution in [-0.4, -0.2) is 22.2 Å². The van der Waals surface area contributed by atoms with Gasteiger partial charge in [0.25, 0.3) is 0 Å². The Kier molecular flexibility index (Phi) is 6.64. The minimum absolute atomic E-state index is 0.130. The lowest BCUT2D eigenvalue weighted by Crippen LogP contribution is -2.28. The normalized spacial score (nSPS) is 18.6. The summed E-state index contributed by atoms with van der Waals surface area (Å²) in [4.78, 5) is 28.7. The number of thioether (sulfide) groups is 1. The summed E-state index contributed by atoms with van der Waals surface area (Å²) in [7, 11) is 0. The number of aliphatic imine (C=N–C) groups is 1. The smallest absolute Gasteiger partial charge is 0.240 e. The second-order valence-electron chi connectivity index (χ2n) is 6.79. The third kappa shape index (κ3) is 5.41. The third-order valence-electron chi connectivity index (χ3n) is 4.66. The molecule has 3 rings (SSSR count). The van der Waals surface area contributed by atoms with E-state index < -0.39 is 22.8 Å². The van der Waals surface area contributed by atoms with Crippen molar-refractivity contribution in [3.05, 3.63) is 59.7 Å². The Labute approximate surface area is 172 Å². The molecule has 5 nitrogen and oxygen atoms in total. The van der Waals surface area contributed by atoms with Crippen LogP contribution in [0.25, 0.3) is 0 Å². The topological polar surface area (TPSA) is 70.6 Å². The molecule has 29 heavy (non-hydrogen) atoms. The van der Waals surface area contributed by atoms with Crippen molar-refractivity contribution in [1.29, 1.82) is 0 Å². The van der Waals surface area contributed by atoms with Crippen molar-refractivity contribution in [3.63, 3.8) is 0 Å². The number of hydrogen-bond donors (Lipinski definition) is 2. The number of benzene rings is 2.